The van der Waals surface area contributed by atoms with Crippen LogP contribution in [0.4, 0.5) is 4.79 Å². The van der Waals surface area contributed by atoms with Crippen LogP contribution in [0.25, 0.3) is 5.82 Å². The Hall–Kier alpha value is -2.41. The number of carbonyl (C=O) groups is 1. The van der Waals surface area contributed by atoms with Crippen LogP contribution in [0.1, 0.15) is 19.4 Å². The molecule has 0 spiro atoms. The molecule has 24 heavy (non-hydrogen) atoms. The van der Waals surface area contributed by atoms with Crippen molar-refractivity contribution in [1.82, 2.24) is 30.3 Å². The molecule has 0 unspecified atom stereocenters. The average molecular weight is 330 g/mol. The number of likely N-dealkylation sites (N-methyl/N-ethyl adjacent to an activating group) is 1. The zero-order chi connectivity index (χ0) is 17.5. The van der Waals surface area contributed by atoms with E-state index in [1.165, 1.54) is 0 Å². The summed E-state index contributed by atoms with van der Waals surface area (Å²) in [5.41, 5.74) is 0.907. The summed E-state index contributed by atoms with van der Waals surface area (Å²) in [6, 6.07) is 5.74. The summed E-state index contributed by atoms with van der Waals surface area (Å²) in [6.07, 6.45) is 5.24. The lowest BCUT2D eigenvalue weighted by Crippen LogP contribution is -2.46. The summed E-state index contributed by atoms with van der Waals surface area (Å²) in [7, 11) is 4.05. The molecule has 0 fully saturated rings. The van der Waals surface area contributed by atoms with Gasteiger partial charge in [0.05, 0.1) is 0 Å². The van der Waals surface area contributed by atoms with Crippen molar-refractivity contribution in [1.29, 1.82) is 0 Å². The summed E-state index contributed by atoms with van der Waals surface area (Å²) in [6.45, 7) is 5.30. The number of pyridine rings is 1. The van der Waals surface area contributed by atoms with Crippen LogP contribution in [0.5, 0.6) is 0 Å². The Bertz CT molecular complexity index is 630. The third-order valence-corrected chi connectivity index (χ3v) is 3.93. The molecule has 130 valence electrons. The van der Waals surface area contributed by atoms with Crippen LogP contribution in [0.3, 0.4) is 0 Å². The second-order valence-electron chi connectivity index (χ2n) is 6.28. The number of aromatic nitrogens is 3. The monoisotopic (exact) mass is 330 g/mol. The molecule has 2 amide bonds. The van der Waals surface area contributed by atoms with Gasteiger partial charge in [-0.15, -0.1) is 0 Å². The summed E-state index contributed by atoms with van der Waals surface area (Å²) >= 11 is 0. The number of nitrogens with one attached hydrogen (secondary N) is 2. The average Bonchev–Trinajstić information content (AvgIpc) is 3.07. The van der Waals surface area contributed by atoms with Gasteiger partial charge < -0.3 is 15.5 Å². The van der Waals surface area contributed by atoms with Crippen molar-refractivity contribution in [2.24, 2.45) is 5.92 Å². The van der Waals surface area contributed by atoms with Gasteiger partial charge in [-0.25, -0.2) is 14.5 Å². The topological polar surface area (TPSA) is 75.1 Å². The van der Waals surface area contributed by atoms with E-state index in [2.05, 4.69) is 39.5 Å². The van der Waals surface area contributed by atoms with Gasteiger partial charge in [-0.3, -0.25) is 0 Å². The number of amides is 2. The molecule has 2 rings (SSSR count). The van der Waals surface area contributed by atoms with Gasteiger partial charge in [-0.2, -0.15) is 5.10 Å². The van der Waals surface area contributed by atoms with Gasteiger partial charge in [0.2, 0.25) is 0 Å². The van der Waals surface area contributed by atoms with Crippen molar-refractivity contribution >= 4 is 6.03 Å². The molecule has 0 aliphatic carbocycles. The minimum atomic E-state index is -0.183. The highest BCUT2D eigenvalue weighted by Crippen LogP contribution is 2.10. The van der Waals surface area contributed by atoms with Crippen LogP contribution in [0, 0.1) is 5.92 Å². The molecule has 7 heteroatoms. The maximum atomic E-state index is 12.1. The maximum absolute atomic E-state index is 12.1. The van der Waals surface area contributed by atoms with Crippen molar-refractivity contribution in [2.75, 3.05) is 20.6 Å². The quantitative estimate of drug-likeness (QED) is 0.809. The molecule has 0 saturated heterocycles. The van der Waals surface area contributed by atoms with Crippen LogP contribution < -0.4 is 10.6 Å². The predicted octanol–water partition coefficient (Wildman–Crippen LogP) is 1.65. The number of rotatable bonds is 7. The highest BCUT2D eigenvalue weighted by atomic mass is 16.2. The molecule has 0 aromatic carbocycles. The smallest absolute Gasteiger partial charge is 0.315 e. The lowest BCUT2D eigenvalue weighted by Gasteiger charge is -2.28. The van der Waals surface area contributed by atoms with Gasteiger partial charge in [-0.1, -0.05) is 19.9 Å². The van der Waals surface area contributed by atoms with Crippen LogP contribution in [0.15, 0.2) is 36.8 Å². The predicted molar refractivity (Wildman–Crippen MR) is 93.9 cm³/mol. The number of hydrogen-bond acceptors (Lipinski definition) is 4. The SMILES string of the molecule is CC(C)[C@@H](CNC(=O)NCc1cccnc1-n1cccn1)N(C)C. The minimum absolute atomic E-state index is 0.183. The van der Waals surface area contributed by atoms with Gasteiger partial charge in [0.15, 0.2) is 5.82 Å². The largest absolute Gasteiger partial charge is 0.337 e. The standard InChI is InChI=1S/C17H26N6O/c1-13(2)15(22(3)4)12-20-17(24)19-11-14-7-5-8-18-16(14)23-10-6-9-21-23/h5-10,13,15H,11-12H2,1-4H3,(H2,19,20,24)/t15-/m1/s1. The van der Waals surface area contributed by atoms with Crippen LogP contribution in [-0.2, 0) is 6.54 Å². The molecule has 0 radical (unpaired) electrons. The molecule has 0 bridgehead atoms. The Kier molecular flexibility index (Phi) is 6.31. The summed E-state index contributed by atoms with van der Waals surface area (Å²) in [5, 5.41) is 10.0. The number of urea groups is 1. The Morgan fingerprint density at radius 3 is 2.67 bits per heavy atom. The summed E-state index contributed by atoms with van der Waals surface area (Å²) in [5.74, 6) is 1.18. The fourth-order valence-electron chi connectivity index (χ4n) is 2.62. The third kappa shape index (κ3) is 4.79. The van der Waals surface area contributed by atoms with E-state index in [1.54, 1.807) is 17.1 Å². The van der Waals surface area contributed by atoms with E-state index >= 15 is 0 Å². The van der Waals surface area contributed by atoms with Crippen LogP contribution in [0.2, 0.25) is 0 Å². The van der Waals surface area contributed by atoms with Gasteiger partial charge >= 0.3 is 6.03 Å². The molecule has 2 aromatic rings. The molecule has 2 N–H and O–H groups in total. The van der Waals surface area contributed by atoms with Gasteiger partial charge in [0.1, 0.15) is 0 Å². The van der Waals surface area contributed by atoms with Gasteiger partial charge in [0.25, 0.3) is 0 Å². The first kappa shape index (κ1) is 17.9. The number of nitrogens with zero attached hydrogens (tertiary/aromatic N) is 4. The number of hydrogen-bond donors (Lipinski definition) is 2. The third-order valence-electron chi connectivity index (χ3n) is 3.93. The molecule has 1 atom stereocenters. The Morgan fingerprint density at radius 1 is 1.25 bits per heavy atom. The van der Waals surface area contributed by atoms with E-state index < -0.39 is 0 Å². The van der Waals surface area contributed by atoms with Crippen molar-refractivity contribution in [3.8, 4) is 5.82 Å². The summed E-state index contributed by atoms with van der Waals surface area (Å²) < 4.78 is 1.69. The lowest BCUT2D eigenvalue weighted by atomic mass is 10.0. The Morgan fingerprint density at radius 2 is 2.04 bits per heavy atom. The van der Waals surface area contributed by atoms with Crippen LogP contribution in [-0.4, -0.2) is 52.4 Å². The number of carbonyl (C=O) groups excluding carboxylic acids is 1. The van der Waals surface area contributed by atoms with E-state index in [1.807, 2.05) is 38.5 Å². The van der Waals surface area contributed by atoms with E-state index in [0.717, 1.165) is 11.4 Å². The molecule has 2 aromatic heterocycles. The zero-order valence-corrected chi connectivity index (χ0v) is 14.7. The van der Waals surface area contributed by atoms with Crippen molar-refractivity contribution in [2.45, 2.75) is 26.4 Å². The van der Waals surface area contributed by atoms with Crippen LogP contribution >= 0.6 is 0 Å². The Labute approximate surface area is 143 Å². The first-order valence-electron chi connectivity index (χ1n) is 8.11. The first-order valence-corrected chi connectivity index (χ1v) is 8.11. The molecule has 7 nitrogen and oxygen atoms in total. The lowest BCUT2D eigenvalue weighted by molar-refractivity contribution is 0.212. The van der Waals surface area contributed by atoms with Gasteiger partial charge in [0, 0.05) is 43.3 Å². The molecule has 0 saturated carbocycles. The molecule has 0 aliphatic rings. The van der Waals surface area contributed by atoms with E-state index in [-0.39, 0.29) is 6.03 Å². The normalized spacial score (nSPS) is 12.4. The maximum Gasteiger partial charge on any atom is 0.315 e. The van der Waals surface area contributed by atoms with Crippen molar-refractivity contribution in [3.05, 3.63) is 42.4 Å². The fraction of sp³-hybridized carbons (Fsp3) is 0.471. The highest BCUT2D eigenvalue weighted by molar-refractivity contribution is 5.73. The van der Waals surface area contributed by atoms with Gasteiger partial charge in [-0.05, 0) is 32.1 Å². The fourth-order valence-corrected chi connectivity index (χ4v) is 2.62. The minimum Gasteiger partial charge on any atom is -0.337 e. The second kappa shape index (κ2) is 8.44. The van der Waals surface area contributed by atoms with Crippen molar-refractivity contribution in [3.63, 3.8) is 0 Å². The van der Waals surface area contributed by atoms with E-state index in [0.29, 0.717) is 25.0 Å². The highest BCUT2D eigenvalue weighted by Gasteiger charge is 2.16. The second-order valence-corrected chi connectivity index (χ2v) is 6.28. The molecular formula is C17H26N6O. The molecule has 2 heterocycles. The van der Waals surface area contributed by atoms with E-state index in [9.17, 15) is 4.79 Å². The molecular weight excluding hydrogens is 304 g/mol. The summed E-state index contributed by atoms with van der Waals surface area (Å²) in [4.78, 5) is 18.5. The molecule has 0 aliphatic heterocycles. The Balaban J connectivity index is 1.91. The van der Waals surface area contributed by atoms with E-state index in [4.69, 9.17) is 0 Å². The first-order chi connectivity index (χ1) is 11.5. The zero-order valence-electron chi connectivity index (χ0n) is 14.7. The van der Waals surface area contributed by atoms with Crippen molar-refractivity contribution < 1.29 is 4.79 Å².